The first-order valence-corrected chi connectivity index (χ1v) is 5.13. The molecule has 2 aromatic carbocycles. The van der Waals surface area contributed by atoms with E-state index in [9.17, 15) is 9.59 Å². The van der Waals surface area contributed by atoms with Gasteiger partial charge in [-0.3, -0.25) is 14.9 Å². The Bertz CT molecular complexity index is 649. The van der Waals surface area contributed by atoms with Crippen molar-refractivity contribution in [1.29, 1.82) is 0 Å². The van der Waals surface area contributed by atoms with Crippen LogP contribution in [-0.2, 0) is 0 Å². The molecule has 0 saturated carbocycles. The Morgan fingerprint density at radius 1 is 1.00 bits per heavy atom. The second-order valence-electron chi connectivity index (χ2n) is 3.61. The molecule has 1 N–H and O–H groups in total. The van der Waals surface area contributed by atoms with Crippen LogP contribution in [0.5, 0.6) is 0 Å². The zero-order valence-corrected chi connectivity index (χ0v) is 8.84. The number of carbonyl (C=O) groups is 2. The van der Waals surface area contributed by atoms with E-state index in [1.54, 1.807) is 24.3 Å². The lowest BCUT2D eigenvalue weighted by molar-refractivity contribution is 0.0845. The highest BCUT2D eigenvalue weighted by Gasteiger charge is 2.26. The summed E-state index contributed by atoms with van der Waals surface area (Å²) >= 11 is 5.98. The lowest BCUT2D eigenvalue weighted by Gasteiger charge is -2.17. The van der Waals surface area contributed by atoms with Gasteiger partial charge in [0, 0.05) is 10.9 Å². The highest BCUT2D eigenvalue weighted by Crippen LogP contribution is 2.31. The molecule has 1 heterocycles. The molecular weight excluding hydrogens is 226 g/mol. The fourth-order valence-corrected chi connectivity index (χ4v) is 2.24. The summed E-state index contributed by atoms with van der Waals surface area (Å²) in [4.78, 5) is 23.3. The van der Waals surface area contributed by atoms with Gasteiger partial charge in [0.2, 0.25) is 0 Å². The van der Waals surface area contributed by atoms with Crippen molar-refractivity contribution in [1.82, 2.24) is 5.32 Å². The molecular formula is C12H6ClNO2. The van der Waals surface area contributed by atoms with Gasteiger partial charge >= 0.3 is 0 Å². The van der Waals surface area contributed by atoms with Gasteiger partial charge in [-0.25, -0.2) is 0 Å². The number of hydrogen-bond acceptors (Lipinski definition) is 2. The van der Waals surface area contributed by atoms with Crippen molar-refractivity contribution in [3.63, 3.8) is 0 Å². The van der Waals surface area contributed by atoms with E-state index in [-0.39, 0.29) is 5.91 Å². The molecule has 0 aromatic heterocycles. The molecule has 1 aliphatic rings. The first-order chi connectivity index (χ1) is 7.68. The van der Waals surface area contributed by atoms with Gasteiger partial charge in [0.25, 0.3) is 11.8 Å². The molecule has 4 heteroatoms. The van der Waals surface area contributed by atoms with E-state index >= 15 is 0 Å². The molecule has 2 aromatic rings. The summed E-state index contributed by atoms with van der Waals surface area (Å²) in [7, 11) is 0. The fraction of sp³-hybridized carbons (Fsp3) is 0. The number of carbonyl (C=O) groups excluding carboxylic acids is 2. The summed E-state index contributed by atoms with van der Waals surface area (Å²) in [5, 5.41) is 4.13. The topological polar surface area (TPSA) is 46.2 Å². The number of rotatable bonds is 0. The summed E-state index contributed by atoms with van der Waals surface area (Å²) < 4.78 is 0. The number of benzene rings is 2. The fourth-order valence-electron chi connectivity index (χ4n) is 2.00. The Balaban J connectivity index is 2.58. The Morgan fingerprint density at radius 2 is 1.81 bits per heavy atom. The lowest BCUT2D eigenvalue weighted by atomic mass is 9.95. The molecule has 0 bridgehead atoms. The minimum atomic E-state index is -0.431. The van der Waals surface area contributed by atoms with E-state index in [1.165, 1.54) is 0 Å². The molecule has 0 spiro atoms. The van der Waals surface area contributed by atoms with E-state index in [2.05, 4.69) is 5.32 Å². The second kappa shape index (κ2) is 3.06. The van der Waals surface area contributed by atoms with Crippen molar-refractivity contribution in [2.75, 3.05) is 0 Å². The summed E-state index contributed by atoms with van der Waals surface area (Å²) in [6.45, 7) is 0. The maximum atomic E-state index is 11.7. The normalized spacial score (nSPS) is 14.1. The van der Waals surface area contributed by atoms with Crippen LogP contribution in [0.1, 0.15) is 20.7 Å². The first-order valence-electron chi connectivity index (χ1n) is 4.75. The van der Waals surface area contributed by atoms with Crippen LogP contribution in [0.2, 0.25) is 5.02 Å². The van der Waals surface area contributed by atoms with E-state index in [1.807, 2.05) is 6.07 Å². The van der Waals surface area contributed by atoms with E-state index in [0.29, 0.717) is 21.5 Å². The number of halogens is 1. The molecule has 0 atom stereocenters. The van der Waals surface area contributed by atoms with Gasteiger partial charge in [0.05, 0.1) is 10.6 Å². The molecule has 2 amide bonds. The van der Waals surface area contributed by atoms with E-state index in [0.717, 1.165) is 5.39 Å². The van der Waals surface area contributed by atoms with Crippen LogP contribution in [0.4, 0.5) is 0 Å². The van der Waals surface area contributed by atoms with Gasteiger partial charge < -0.3 is 0 Å². The van der Waals surface area contributed by atoms with Crippen molar-refractivity contribution in [3.8, 4) is 0 Å². The van der Waals surface area contributed by atoms with Crippen molar-refractivity contribution < 1.29 is 9.59 Å². The van der Waals surface area contributed by atoms with Crippen LogP contribution >= 0.6 is 11.6 Å². The zero-order valence-electron chi connectivity index (χ0n) is 8.08. The predicted molar refractivity (Wildman–Crippen MR) is 60.8 cm³/mol. The maximum Gasteiger partial charge on any atom is 0.260 e. The average Bonchev–Trinajstić information content (AvgIpc) is 2.26. The van der Waals surface area contributed by atoms with Crippen molar-refractivity contribution in [3.05, 3.63) is 46.5 Å². The van der Waals surface area contributed by atoms with Crippen molar-refractivity contribution >= 4 is 34.2 Å². The summed E-state index contributed by atoms with van der Waals surface area (Å²) in [5.74, 6) is -0.801. The van der Waals surface area contributed by atoms with Crippen LogP contribution in [0.15, 0.2) is 30.3 Å². The summed E-state index contributed by atoms with van der Waals surface area (Å²) in [6, 6.07) is 8.79. The molecule has 0 unspecified atom stereocenters. The molecule has 0 radical (unpaired) electrons. The standard InChI is InChI=1S/C12H6ClNO2/c13-8-5-4-6-2-1-3-7-9(6)10(8)12(16)14-11(7)15/h1-5H,(H,14,15,16). The highest BCUT2D eigenvalue weighted by molar-refractivity contribution is 6.38. The van der Waals surface area contributed by atoms with Crippen LogP contribution in [0, 0.1) is 0 Å². The Kier molecular flexibility index (Phi) is 1.79. The third-order valence-electron chi connectivity index (χ3n) is 2.69. The van der Waals surface area contributed by atoms with Gasteiger partial charge in [-0.05, 0) is 17.5 Å². The number of nitrogens with one attached hydrogen (secondary N) is 1. The number of hydrogen-bond donors (Lipinski definition) is 1. The Hall–Kier alpha value is -1.87. The molecule has 3 nitrogen and oxygen atoms in total. The summed E-state index contributed by atoms with van der Waals surface area (Å²) in [6.07, 6.45) is 0. The largest absolute Gasteiger partial charge is 0.288 e. The second-order valence-corrected chi connectivity index (χ2v) is 4.02. The van der Waals surface area contributed by atoms with E-state index in [4.69, 9.17) is 11.6 Å². The van der Waals surface area contributed by atoms with Gasteiger partial charge in [-0.15, -0.1) is 0 Å². The molecule has 1 aliphatic heterocycles. The number of amides is 2. The quantitative estimate of drug-likeness (QED) is 0.708. The number of imide groups is 1. The van der Waals surface area contributed by atoms with Crippen LogP contribution in [-0.4, -0.2) is 11.8 Å². The first kappa shape index (κ1) is 9.36. The highest BCUT2D eigenvalue weighted by atomic mass is 35.5. The SMILES string of the molecule is O=C1NC(=O)c2c(Cl)ccc3cccc1c23. The predicted octanol–water partition coefficient (Wildman–Crippen LogP) is 2.38. The van der Waals surface area contributed by atoms with Crippen LogP contribution < -0.4 is 5.32 Å². The third-order valence-corrected chi connectivity index (χ3v) is 3.01. The van der Waals surface area contributed by atoms with Gasteiger partial charge in [0.15, 0.2) is 0 Å². The smallest absolute Gasteiger partial charge is 0.260 e. The van der Waals surface area contributed by atoms with Gasteiger partial charge in [0.1, 0.15) is 0 Å². The van der Waals surface area contributed by atoms with Crippen molar-refractivity contribution in [2.24, 2.45) is 0 Å². The summed E-state index contributed by atoms with van der Waals surface area (Å²) in [5.41, 5.74) is 0.879. The van der Waals surface area contributed by atoms with Crippen LogP contribution in [0.25, 0.3) is 10.8 Å². The molecule has 0 saturated heterocycles. The average molecular weight is 232 g/mol. The maximum absolute atomic E-state index is 11.7. The van der Waals surface area contributed by atoms with E-state index < -0.39 is 5.91 Å². The van der Waals surface area contributed by atoms with Gasteiger partial charge in [-0.2, -0.15) is 0 Å². The van der Waals surface area contributed by atoms with Crippen LogP contribution in [0.3, 0.4) is 0 Å². The molecule has 16 heavy (non-hydrogen) atoms. The Morgan fingerprint density at radius 3 is 2.62 bits per heavy atom. The van der Waals surface area contributed by atoms with Gasteiger partial charge in [-0.1, -0.05) is 29.8 Å². The molecule has 78 valence electrons. The molecule has 0 aliphatic carbocycles. The van der Waals surface area contributed by atoms with Crippen molar-refractivity contribution in [2.45, 2.75) is 0 Å². The zero-order chi connectivity index (χ0) is 11.3. The molecule has 3 rings (SSSR count). The minimum Gasteiger partial charge on any atom is -0.288 e. The monoisotopic (exact) mass is 231 g/mol. The Labute approximate surface area is 96.0 Å². The third kappa shape index (κ3) is 1.09. The lowest BCUT2D eigenvalue weighted by Crippen LogP contribution is -2.34. The molecule has 0 fully saturated rings. The minimum absolute atomic E-state index is 0.366.